The maximum absolute atomic E-state index is 14.5. The quantitative estimate of drug-likeness (QED) is 0.174. The van der Waals surface area contributed by atoms with Crippen molar-refractivity contribution in [2.45, 2.75) is 44.2 Å². The molecule has 0 aliphatic heterocycles. The minimum Gasteiger partial charge on any atom is -0.495 e. The number of amides is 2. The van der Waals surface area contributed by atoms with Gasteiger partial charge in [-0.1, -0.05) is 78.7 Å². The van der Waals surface area contributed by atoms with E-state index >= 15 is 0 Å². The number of carbonyl (C=O) groups is 2. The van der Waals surface area contributed by atoms with E-state index in [-0.39, 0.29) is 34.3 Å². The number of hydrogen-bond donors (Lipinski definition) is 1. The molecule has 11 heteroatoms. The number of halogens is 2. The van der Waals surface area contributed by atoms with Crippen LogP contribution in [0.1, 0.15) is 30.0 Å². The Morgan fingerprint density at radius 3 is 2.24 bits per heavy atom. The molecule has 0 aliphatic carbocycles. The van der Waals surface area contributed by atoms with Crippen molar-refractivity contribution in [3.63, 3.8) is 0 Å². The normalized spacial score (nSPS) is 11.8. The van der Waals surface area contributed by atoms with E-state index in [2.05, 4.69) is 5.32 Å². The molecule has 8 nitrogen and oxygen atoms in total. The summed E-state index contributed by atoms with van der Waals surface area (Å²) >= 11 is 6.33. The molecule has 0 heterocycles. The van der Waals surface area contributed by atoms with Gasteiger partial charge in [-0.2, -0.15) is 0 Å². The van der Waals surface area contributed by atoms with E-state index < -0.39 is 40.2 Å². The molecule has 4 aromatic rings. The van der Waals surface area contributed by atoms with E-state index in [9.17, 15) is 22.4 Å². The zero-order valence-corrected chi connectivity index (χ0v) is 27.5. The lowest BCUT2D eigenvalue weighted by atomic mass is 10.0. The van der Waals surface area contributed by atoms with Crippen LogP contribution in [0.15, 0.2) is 102 Å². The molecule has 4 aromatic carbocycles. The molecule has 0 saturated carbocycles. The largest absolute Gasteiger partial charge is 0.495 e. The van der Waals surface area contributed by atoms with E-state index in [1.54, 1.807) is 18.2 Å². The Morgan fingerprint density at radius 2 is 1.61 bits per heavy atom. The van der Waals surface area contributed by atoms with Gasteiger partial charge in [-0.3, -0.25) is 13.9 Å². The number of benzene rings is 4. The molecule has 0 fully saturated rings. The number of nitrogens with zero attached hydrogens (tertiary/aromatic N) is 2. The highest BCUT2D eigenvalue weighted by molar-refractivity contribution is 7.92. The molecule has 46 heavy (non-hydrogen) atoms. The smallest absolute Gasteiger partial charge is 0.264 e. The summed E-state index contributed by atoms with van der Waals surface area (Å²) in [6, 6.07) is 24.6. The summed E-state index contributed by atoms with van der Waals surface area (Å²) in [6.07, 6.45) is 0.835. The fourth-order valence-electron chi connectivity index (χ4n) is 4.92. The Morgan fingerprint density at radius 1 is 0.935 bits per heavy atom. The molecule has 0 aliphatic rings. The molecule has 0 spiro atoms. The molecule has 0 radical (unpaired) electrons. The molecular formula is C35H37ClFN3O5S. The molecule has 4 rings (SSSR count). The Hall–Kier alpha value is -4.41. The van der Waals surface area contributed by atoms with Gasteiger partial charge in [0.2, 0.25) is 11.8 Å². The van der Waals surface area contributed by atoms with Crippen LogP contribution in [-0.4, -0.2) is 51.4 Å². The third kappa shape index (κ3) is 8.64. The van der Waals surface area contributed by atoms with Crippen LogP contribution in [0.3, 0.4) is 0 Å². The highest BCUT2D eigenvalue weighted by atomic mass is 35.5. The molecule has 0 aromatic heterocycles. The molecular weight excluding hydrogens is 629 g/mol. The topological polar surface area (TPSA) is 96.0 Å². The molecule has 0 saturated heterocycles. The summed E-state index contributed by atoms with van der Waals surface area (Å²) in [5.74, 6) is -1.32. The van der Waals surface area contributed by atoms with Gasteiger partial charge >= 0.3 is 0 Å². The van der Waals surface area contributed by atoms with Crippen molar-refractivity contribution in [1.29, 1.82) is 0 Å². The van der Waals surface area contributed by atoms with Crippen LogP contribution in [0, 0.1) is 12.7 Å². The van der Waals surface area contributed by atoms with Crippen LogP contribution in [0.25, 0.3) is 0 Å². The number of sulfonamides is 1. The first kappa shape index (κ1) is 34.5. The fraction of sp³-hybridized carbons (Fsp3) is 0.257. The van der Waals surface area contributed by atoms with E-state index in [0.29, 0.717) is 18.5 Å². The summed E-state index contributed by atoms with van der Waals surface area (Å²) in [4.78, 5) is 29.5. The van der Waals surface area contributed by atoms with Crippen molar-refractivity contribution in [2.75, 3.05) is 24.5 Å². The maximum atomic E-state index is 14.5. The van der Waals surface area contributed by atoms with E-state index in [4.69, 9.17) is 16.3 Å². The van der Waals surface area contributed by atoms with Crippen LogP contribution in [0.4, 0.5) is 10.1 Å². The predicted octanol–water partition coefficient (Wildman–Crippen LogP) is 6.16. The molecule has 2 amide bonds. The van der Waals surface area contributed by atoms with Crippen molar-refractivity contribution in [3.05, 3.63) is 125 Å². The van der Waals surface area contributed by atoms with Crippen LogP contribution in [0.5, 0.6) is 5.75 Å². The van der Waals surface area contributed by atoms with Crippen molar-refractivity contribution < 1.29 is 27.1 Å². The monoisotopic (exact) mass is 665 g/mol. The number of anilines is 1. The summed E-state index contributed by atoms with van der Waals surface area (Å²) < 4.78 is 48.8. The first-order valence-corrected chi connectivity index (χ1v) is 16.6. The third-order valence-electron chi connectivity index (χ3n) is 7.38. The second-order valence-electron chi connectivity index (χ2n) is 10.8. The van der Waals surface area contributed by atoms with E-state index in [0.717, 1.165) is 15.4 Å². The van der Waals surface area contributed by atoms with Crippen molar-refractivity contribution >= 4 is 39.1 Å². The highest BCUT2D eigenvalue weighted by Crippen LogP contribution is 2.35. The van der Waals surface area contributed by atoms with Crippen LogP contribution >= 0.6 is 11.6 Å². The van der Waals surface area contributed by atoms with Gasteiger partial charge in [-0.25, -0.2) is 12.8 Å². The summed E-state index contributed by atoms with van der Waals surface area (Å²) in [6.45, 7) is 3.37. The Bertz CT molecular complexity index is 1740. The number of methoxy groups -OCH3 is 1. The van der Waals surface area contributed by atoms with Gasteiger partial charge in [0.05, 0.1) is 17.7 Å². The molecule has 0 bridgehead atoms. The number of aryl methyl sites for hydroxylation is 1. The minimum atomic E-state index is -4.35. The predicted molar refractivity (Wildman–Crippen MR) is 178 cm³/mol. The van der Waals surface area contributed by atoms with Gasteiger partial charge in [-0.05, 0) is 66.9 Å². The molecule has 1 N–H and O–H groups in total. The standard InChI is InChI=1S/C35H37ClFN3O5S/c1-4-20-38-35(42)32(21-26-8-6-5-7-9-26)39(23-27-12-15-29(37)16-13-27)34(41)24-40(31-22-28(36)14-19-33(31)45-3)46(43,44)30-17-10-25(2)11-18-30/h5-19,22,32H,4,20-21,23-24H2,1-3H3,(H,38,42)/t32-/m1/s1. The van der Waals surface area contributed by atoms with Crippen LogP contribution in [0.2, 0.25) is 5.02 Å². The zero-order chi connectivity index (χ0) is 33.3. The van der Waals surface area contributed by atoms with Gasteiger partial charge in [0.15, 0.2) is 0 Å². The SMILES string of the molecule is CCCNC(=O)[C@@H](Cc1ccccc1)N(Cc1ccc(F)cc1)C(=O)CN(c1cc(Cl)ccc1OC)S(=O)(=O)c1ccc(C)cc1. The van der Waals surface area contributed by atoms with Gasteiger partial charge < -0.3 is 15.0 Å². The van der Waals surface area contributed by atoms with Gasteiger partial charge in [0.1, 0.15) is 24.2 Å². The Balaban J connectivity index is 1.84. The van der Waals surface area contributed by atoms with Crippen LogP contribution < -0.4 is 14.4 Å². The number of nitrogens with one attached hydrogen (secondary N) is 1. The number of ether oxygens (including phenoxy) is 1. The molecule has 0 unspecified atom stereocenters. The lowest BCUT2D eigenvalue weighted by molar-refractivity contribution is -0.140. The maximum Gasteiger partial charge on any atom is 0.264 e. The van der Waals surface area contributed by atoms with E-state index in [1.807, 2.05) is 44.2 Å². The molecule has 242 valence electrons. The number of carbonyl (C=O) groups excluding carboxylic acids is 2. The second-order valence-corrected chi connectivity index (χ2v) is 13.1. The lowest BCUT2D eigenvalue weighted by Gasteiger charge is -2.34. The third-order valence-corrected chi connectivity index (χ3v) is 9.39. The Kier molecular flexibility index (Phi) is 11.8. The highest BCUT2D eigenvalue weighted by Gasteiger charge is 2.35. The summed E-state index contributed by atoms with van der Waals surface area (Å²) in [5.41, 5.74) is 2.27. The second kappa shape index (κ2) is 15.7. The number of rotatable bonds is 14. The Labute approximate surface area is 274 Å². The van der Waals surface area contributed by atoms with Crippen molar-refractivity contribution in [1.82, 2.24) is 10.2 Å². The minimum absolute atomic E-state index is 0.0421. The summed E-state index contributed by atoms with van der Waals surface area (Å²) in [5, 5.41) is 3.13. The van der Waals surface area contributed by atoms with Crippen molar-refractivity contribution in [2.24, 2.45) is 0 Å². The lowest BCUT2D eigenvalue weighted by Crippen LogP contribution is -2.53. The van der Waals surface area contributed by atoms with E-state index in [1.165, 1.54) is 60.5 Å². The van der Waals surface area contributed by atoms with Gasteiger partial charge in [0, 0.05) is 24.5 Å². The van der Waals surface area contributed by atoms with Crippen LogP contribution in [-0.2, 0) is 32.6 Å². The summed E-state index contributed by atoms with van der Waals surface area (Å²) in [7, 11) is -2.96. The fourth-order valence-corrected chi connectivity index (χ4v) is 6.50. The first-order valence-electron chi connectivity index (χ1n) is 14.8. The average molecular weight is 666 g/mol. The van der Waals surface area contributed by atoms with Gasteiger partial charge in [-0.15, -0.1) is 0 Å². The molecule has 1 atom stereocenters. The average Bonchev–Trinajstić information content (AvgIpc) is 3.05. The zero-order valence-electron chi connectivity index (χ0n) is 26.0. The van der Waals surface area contributed by atoms with Crippen molar-refractivity contribution in [3.8, 4) is 5.75 Å². The first-order chi connectivity index (χ1) is 22.0. The van der Waals surface area contributed by atoms with Gasteiger partial charge in [0.25, 0.3) is 10.0 Å². The number of hydrogen-bond acceptors (Lipinski definition) is 5.